The van der Waals surface area contributed by atoms with Gasteiger partial charge in [0.2, 0.25) is 0 Å². The normalized spacial score (nSPS) is 13.2. The van der Waals surface area contributed by atoms with Crippen LogP contribution in [0.2, 0.25) is 0 Å². The van der Waals surface area contributed by atoms with E-state index in [0.29, 0.717) is 5.69 Å². The highest BCUT2D eigenvalue weighted by Gasteiger charge is 2.22. The summed E-state index contributed by atoms with van der Waals surface area (Å²) < 4.78 is 13.4. The topological polar surface area (TPSA) is 45.2 Å². The molecule has 0 saturated heterocycles. The van der Waals surface area contributed by atoms with Gasteiger partial charge in [0.05, 0.1) is 16.7 Å². The Morgan fingerprint density at radius 3 is 2.52 bits per heavy atom. The van der Waals surface area contributed by atoms with Crippen LogP contribution in [0.4, 0.5) is 10.1 Å². The average molecular weight is 308 g/mol. The van der Waals surface area contributed by atoms with Crippen molar-refractivity contribution in [2.75, 3.05) is 5.32 Å². The number of aryl methyl sites for hydroxylation is 1. The number of halogens is 1. The first-order valence-electron chi connectivity index (χ1n) is 6.91. The van der Waals surface area contributed by atoms with E-state index >= 15 is 0 Å². The van der Waals surface area contributed by atoms with E-state index in [1.807, 2.05) is 13.8 Å². The molecule has 1 aromatic carbocycles. The maximum Gasteiger partial charge on any atom is 0.166 e. The van der Waals surface area contributed by atoms with Crippen LogP contribution in [0.15, 0.2) is 18.2 Å². The lowest BCUT2D eigenvalue weighted by atomic mass is 9.98. The average Bonchev–Trinajstić information content (AvgIpc) is 2.76. The molecular weight excluding hydrogens is 287 g/mol. The number of phenols is 1. The summed E-state index contributed by atoms with van der Waals surface area (Å²) in [6, 6.07) is 4.34. The number of rotatable bonds is 3. The summed E-state index contributed by atoms with van der Waals surface area (Å²) in [5.41, 5.74) is 1.67. The van der Waals surface area contributed by atoms with Crippen LogP contribution >= 0.6 is 11.3 Å². The lowest BCUT2D eigenvalue weighted by molar-refractivity contribution is 0.432. The fourth-order valence-corrected chi connectivity index (χ4v) is 3.17. The highest BCUT2D eigenvalue weighted by molar-refractivity contribution is 7.12. The van der Waals surface area contributed by atoms with Gasteiger partial charge in [-0.15, -0.1) is 11.3 Å². The second-order valence-corrected chi connectivity index (χ2v) is 7.28. The fourth-order valence-electron chi connectivity index (χ4n) is 2.04. The van der Waals surface area contributed by atoms with Crippen molar-refractivity contribution in [1.29, 1.82) is 0 Å². The van der Waals surface area contributed by atoms with Gasteiger partial charge in [0.25, 0.3) is 0 Å². The molecule has 0 amide bonds. The Morgan fingerprint density at radius 2 is 2.00 bits per heavy atom. The molecular formula is C16H21FN2OS. The van der Waals surface area contributed by atoms with Gasteiger partial charge in [-0.1, -0.05) is 20.8 Å². The predicted molar refractivity (Wildman–Crippen MR) is 85.7 cm³/mol. The fraction of sp³-hybridized carbons (Fsp3) is 0.438. The number of hydrogen-bond acceptors (Lipinski definition) is 4. The van der Waals surface area contributed by atoms with Gasteiger partial charge in [-0.2, -0.15) is 0 Å². The Hall–Kier alpha value is -1.62. The van der Waals surface area contributed by atoms with Crippen LogP contribution in [0.3, 0.4) is 0 Å². The number of thiazole rings is 1. The van der Waals surface area contributed by atoms with Crippen molar-refractivity contribution in [3.8, 4) is 5.75 Å². The molecule has 1 unspecified atom stereocenters. The zero-order valence-corrected chi connectivity index (χ0v) is 13.8. The number of phenolic OH excluding ortho intramolecular Hbond substituents is 1. The molecule has 0 aliphatic rings. The van der Waals surface area contributed by atoms with Crippen molar-refractivity contribution >= 4 is 17.0 Å². The molecule has 0 spiro atoms. The first kappa shape index (κ1) is 15.8. The van der Waals surface area contributed by atoms with Crippen molar-refractivity contribution in [3.05, 3.63) is 39.6 Å². The number of hydrogen-bond donors (Lipinski definition) is 2. The van der Waals surface area contributed by atoms with E-state index in [1.165, 1.54) is 12.1 Å². The Balaban J connectivity index is 2.22. The van der Waals surface area contributed by atoms with Crippen molar-refractivity contribution in [3.63, 3.8) is 0 Å². The molecule has 0 radical (unpaired) electrons. The second-order valence-electron chi connectivity index (χ2n) is 6.25. The third kappa shape index (κ3) is 3.53. The minimum absolute atomic E-state index is 0.0258. The smallest absolute Gasteiger partial charge is 0.166 e. The Labute approximate surface area is 128 Å². The van der Waals surface area contributed by atoms with E-state index in [0.717, 1.165) is 15.6 Å². The standard InChI is InChI=1S/C16H21FN2OS/c1-9(18-11-6-7-13(20)12(17)8-11)14-10(2)19-15(21-14)16(3,4)5/h6-9,18,20H,1-5H3. The molecule has 2 rings (SSSR count). The van der Waals surface area contributed by atoms with E-state index in [9.17, 15) is 9.50 Å². The van der Waals surface area contributed by atoms with Crippen LogP contribution in [0, 0.1) is 12.7 Å². The number of nitrogens with zero attached hydrogens (tertiary/aromatic N) is 1. The molecule has 0 aliphatic heterocycles. The van der Waals surface area contributed by atoms with Crippen LogP contribution in [-0.2, 0) is 5.41 Å². The van der Waals surface area contributed by atoms with Gasteiger partial charge >= 0.3 is 0 Å². The highest BCUT2D eigenvalue weighted by Crippen LogP contribution is 2.34. The largest absolute Gasteiger partial charge is 0.505 e. The maximum atomic E-state index is 13.4. The molecule has 0 bridgehead atoms. The molecule has 2 aromatic rings. The first-order valence-corrected chi connectivity index (χ1v) is 7.73. The zero-order valence-electron chi connectivity index (χ0n) is 13.0. The van der Waals surface area contributed by atoms with Gasteiger partial charge in [-0.3, -0.25) is 0 Å². The molecule has 0 saturated carbocycles. The Bertz CT molecular complexity index is 646. The van der Waals surface area contributed by atoms with Crippen molar-refractivity contribution in [2.24, 2.45) is 0 Å². The summed E-state index contributed by atoms with van der Waals surface area (Å²) in [6.07, 6.45) is 0. The molecule has 3 nitrogen and oxygen atoms in total. The predicted octanol–water partition coefficient (Wildman–Crippen LogP) is 4.77. The van der Waals surface area contributed by atoms with Crippen LogP contribution < -0.4 is 5.32 Å². The van der Waals surface area contributed by atoms with E-state index in [-0.39, 0.29) is 17.2 Å². The summed E-state index contributed by atoms with van der Waals surface area (Å²) >= 11 is 1.68. The summed E-state index contributed by atoms with van der Waals surface area (Å²) in [6.45, 7) is 10.4. The molecule has 5 heteroatoms. The molecule has 1 aromatic heterocycles. The number of aromatic hydroxyl groups is 1. The number of benzene rings is 1. The van der Waals surface area contributed by atoms with E-state index in [1.54, 1.807) is 17.4 Å². The van der Waals surface area contributed by atoms with Crippen molar-refractivity contribution in [1.82, 2.24) is 4.98 Å². The number of aromatic nitrogens is 1. The quantitative estimate of drug-likeness (QED) is 0.803. The van der Waals surface area contributed by atoms with Crippen molar-refractivity contribution < 1.29 is 9.50 Å². The van der Waals surface area contributed by atoms with E-state index < -0.39 is 5.82 Å². The third-order valence-corrected chi connectivity index (χ3v) is 4.96. The minimum Gasteiger partial charge on any atom is -0.505 e. The van der Waals surface area contributed by atoms with Gasteiger partial charge in [0, 0.05) is 22.0 Å². The number of nitrogens with one attached hydrogen (secondary N) is 1. The van der Waals surface area contributed by atoms with Gasteiger partial charge in [-0.05, 0) is 26.0 Å². The Morgan fingerprint density at radius 1 is 1.33 bits per heavy atom. The molecule has 114 valence electrons. The molecule has 1 heterocycles. The maximum absolute atomic E-state index is 13.4. The Kier molecular flexibility index (Phi) is 4.23. The summed E-state index contributed by atoms with van der Waals surface area (Å²) in [5.74, 6) is -0.958. The van der Waals surface area contributed by atoms with Crippen LogP contribution in [0.25, 0.3) is 0 Å². The zero-order chi connectivity index (χ0) is 15.8. The molecule has 21 heavy (non-hydrogen) atoms. The molecule has 0 aliphatic carbocycles. The van der Waals surface area contributed by atoms with Crippen LogP contribution in [0.1, 0.15) is 49.3 Å². The van der Waals surface area contributed by atoms with Gasteiger partial charge < -0.3 is 10.4 Å². The van der Waals surface area contributed by atoms with Crippen LogP contribution in [0.5, 0.6) is 5.75 Å². The van der Waals surface area contributed by atoms with Gasteiger partial charge in [-0.25, -0.2) is 9.37 Å². The first-order chi connectivity index (χ1) is 9.68. The van der Waals surface area contributed by atoms with Gasteiger partial charge in [0.15, 0.2) is 11.6 Å². The van der Waals surface area contributed by atoms with Crippen LogP contribution in [-0.4, -0.2) is 10.1 Å². The summed E-state index contributed by atoms with van der Waals surface area (Å²) in [7, 11) is 0. The summed E-state index contributed by atoms with van der Waals surface area (Å²) in [4.78, 5) is 5.79. The molecule has 2 N–H and O–H groups in total. The van der Waals surface area contributed by atoms with E-state index in [4.69, 9.17) is 0 Å². The van der Waals surface area contributed by atoms with Gasteiger partial charge in [0.1, 0.15) is 0 Å². The summed E-state index contributed by atoms with van der Waals surface area (Å²) in [5, 5.41) is 13.6. The SMILES string of the molecule is Cc1nc(C(C)(C)C)sc1C(C)Nc1ccc(O)c(F)c1. The highest BCUT2D eigenvalue weighted by atomic mass is 32.1. The monoisotopic (exact) mass is 308 g/mol. The number of anilines is 1. The minimum atomic E-state index is -0.622. The third-order valence-electron chi connectivity index (χ3n) is 3.20. The second kappa shape index (κ2) is 5.64. The van der Waals surface area contributed by atoms with E-state index in [2.05, 4.69) is 31.1 Å². The van der Waals surface area contributed by atoms with Crippen molar-refractivity contribution in [2.45, 2.75) is 46.1 Å². The lowest BCUT2D eigenvalue weighted by Crippen LogP contribution is -2.10. The lowest BCUT2D eigenvalue weighted by Gasteiger charge is -2.15. The molecule has 0 fully saturated rings. The molecule has 1 atom stereocenters.